The first-order valence-corrected chi connectivity index (χ1v) is 6.25. The van der Waals surface area contributed by atoms with Gasteiger partial charge >= 0.3 is 0 Å². The van der Waals surface area contributed by atoms with Crippen LogP contribution in [0.4, 0.5) is 10.2 Å². The number of anilines is 1. The summed E-state index contributed by atoms with van der Waals surface area (Å²) in [6.07, 6.45) is 1.47. The standard InChI is InChI=1S/C14H14ClFN2O/c15-12-3-1-2-10(14(12)16)8-11(19)6-9-4-5-18-13(17)7-9/h1-5,7,11,19H,6,8H2,(H2,17,18). The average Bonchev–Trinajstić information content (AvgIpc) is 2.35. The van der Waals surface area contributed by atoms with Crippen LogP contribution in [-0.4, -0.2) is 16.2 Å². The Balaban J connectivity index is 2.05. The summed E-state index contributed by atoms with van der Waals surface area (Å²) in [5.41, 5.74) is 6.83. The van der Waals surface area contributed by atoms with Crippen LogP contribution in [0.1, 0.15) is 11.1 Å². The molecule has 0 spiro atoms. The number of aromatic nitrogens is 1. The predicted molar refractivity (Wildman–Crippen MR) is 73.5 cm³/mol. The molecule has 19 heavy (non-hydrogen) atoms. The molecule has 0 aliphatic heterocycles. The van der Waals surface area contributed by atoms with Crippen molar-refractivity contribution in [2.45, 2.75) is 18.9 Å². The maximum atomic E-state index is 13.7. The van der Waals surface area contributed by atoms with Crippen molar-refractivity contribution in [2.24, 2.45) is 0 Å². The number of pyridine rings is 1. The third-order valence-electron chi connectivity index (χ3n) is 2.80. The van der Waals surface area contributed by atoms with Gasteiger partial charge in [-0.1, -0.05) is 23.7 Å². The van der Waals surface area contributed by atoms with E-state index in [9.17, 15) is 9.50 Å². The molecule has 3 nitrogen and oxygen atoms in total. The van der Waals surface area contributed by atoms with Gasteiger partial charge in [0.1, 0.15) is 11.6 Å². The van der Waals surface area contributed by atoms with E-state index >= 15 is 0 Å². The number of aliphatic hydroxyl groups excluding tert-OH is 1. The minimum Gasteiger partial charge on any atom is -0.392 e. The molecule has 2 rings (SSSR count). The second-order valence-electron chi connectivity index (χ2n) is 4.36. The van der Waals surface area contributed by atoms with Crippen LogP contribution in [0.2, 0.25) is 5.02 Å². The lowest BCUT2D eigenvalue weighted by Crippen LogP contribution is -2.15. The zero-order chi connectivity index (χ0) is 13.8. The lowest BCUT2D eigenvalue weighted by atomic mass is 10.0. The first kappa shape index (κ1) is 13.8. The Morgan fingerprint density at radius 3 is 2.84 bits per heavy atom. The summed E-state index contributed by atoms with van der Waals surface area (Å²) in [6.45, 7) is 0. The molecule has 100 valence electrons. The van der Waals surface area contributed by atoms with Gasteiger partial charge in [0.2, 0.25) is 0 Å². The van der Waals surface area contributed by atoms with Crippen LogP contribution >= 0.6 is 11.6 Å². The van der Waals surface area contributed by atoms with E-state index in [-0.39, 0.29) is 11.4 Å². The maximum absolute atomic E-state index is 13.7. The van der Waals surface area contributed by atoms with E-state index in [0.717, 1.165) is 5.56 Å². The number of aliphatic hydroxyl groups is 1. The van der Waals surface area contributed by atoms with Crippen LogP contribution in [-0.2, 0) is 12.8 Å². The number of hydrogen-bond donors (Lipinski definition) is 2. The third-order valence-corrected chi connectivity index (χ3v) is 3.10. The highest BCUT2D eigenvalue weighted by molar-refractivity contribution is 6.30. The zero-order valence-electron chi connectivity index (χ0n) is 10.2. The van der Waals surface area contributed by atoms with Crippen molar-refractivity contribution in [3.05, 3.63) is 58.5 Å². The fourth-order valence-corrected chi connectivity index (χ4v) is 2.12. The Kier molecular flexibility index (Phi) is 4.35. The fraction of sp³-hybridized carbons (Fsp3) is 0.214. The molecule has 0 amide bonds. The largest absolute Gasteiger partial charge is 0.392 e. The topological polar surface area (TPSA) is 59.1 Å². The minimum absolute atomic E-state index is 0.0675. The molecule has 1 atom stereocenters. The number of halogens is 2. The Bertz CT molecular complexity index is 577. The van der Waals surface area contributed by atoms with Gasteiger partial charge in [0.15, 0.2) is 0 Å². The molecule has 0 aliphatic rings. The van der Waals surface area contributed by atoms with Gasteiger partial charge in [0, 0.05) is 12.6 Å². The van der Waals surface area contributed by atoms with E-state index in [2.05, 4.69) is 4.98 Å². The van der Waals surface area contributed by atoms with Crippen LogP contribution in [0.25, 0.3) is 0 Å². The normalized spacial score (nSPS) is 12.4. The Labute approximate surface area is 115 Å². The number of rotatable bonds is 4. The molecule has 5 heteroatoms. The summed E-state index contributed by atoms with van der Waals surface area (Å²) in [4.78, 5) is 3.88. The van der Waals surface area contributed by atoms with Crippen molar-refractivity contribution < 1.29 is 9.50 Å². The number of nitrogens with zero attached hydrogens (tertiary/aromatic N) is 1. The smallest absolute Gasteiger partial charge is 0.145 e. The van der Waals surface area contributed by atoms with E-state index in [1.165, 1.54) is 6.07 Å². The summed E-state index contributed by atoms with van der Waals surface area (Å²) < 4.78 is 13.7. The Morgan fingerprint density at radius 2 is 2.11 bits per heavy atom. The van der Waals surface area contributed by atoms with Gasteiger partial charge in [0.05, 0.1) is 11.1 Å². The van der Waals surface area contributed by atoms with Crippen molar-refractivity contribution in [1.82, 2.24) is 4.98 Å². The molecule has 0 saturated heterocycles. The molecule has 2 aromatic rings. The van der Waals surface area contributed by atoms with Crippen molar-refractivity contribution in [3.63, 3.8) is 0 Å². The van der Waals surface area contributed by atoms with Gasteiger partial charge in [-0.15, -0.1) is 0 Å². The molecule has 1 heterocycles. The van der Waals surface area contributed by atoms with Gasteiger partial charge < -0.3 is 10.8 Å². The predicted octanol–water partition coefficient (Wildman–Crippen LogP) is 2.60. The summed E-state index contributed by atoms with van der Waals surface area (Å²) in [7, 11) is 0. The zero-order valence-corrected chi connectivity index (χ0v) is 10.9. The molecular weight excluding hydrogens is 267 g/mol. The SMILES string of the molecule is Nc1cc(CC(O)Cc2cccc(Cl)c2F)ccn1. The summed E-state index contributed by atoms with van der Waals surface area (Å²) in [5, 5.41) is 10.1. The van der Waals surface area contributed by atoms with Gasteiger partial charge in [-0.05, 0) is 35.7 Å². The monoisotopic (exact) mass is 280 g/mol. The van der Waals surface area contributed by atoms with Gasteiger partial charge in [-0.2, -0.15) is 0 Å². The van der Waals surface area contributed by atoms with E-state index in [0.29, 0.717) is 17.8 Å². The molecule has 1 aromatic carbocycles. The molecule has 3 N–H and O–H groups in total. The summed E-state index contributed by atoms with van der Waals surface area (Å²) >= 11 is 5.70. The summed E-state index contributed by atoms with van der Waals surface area (Å²) in [5.74, 6) is -0.0731. The highest BCUT2D eigenvalue weighted by Crippen LogP contribution is 2.20. The van der Waals surface area contributed by atoms with Crippen molar-refractivity contribution in [2.75, 3.05) is 5.73 Å². The molecule has 0 radical (unpaired) electrons. The average molecular weight is 281 g/mol. The van der Waals surface area contributed by atoms with Gasteiger partial charge in [-0.3, -0.25) is 0 Å². The second-order valence-corrected chi connectivity index (χ2v) is 4.77. The number of nitrogen functional groups attached to an aromatic ring is 1. The lowest BCUT2D eigenvalue weighted by molar-refractivity contribution is 0.174. The number of nitrogens with two attached hydrogens (primary N) is 1. The van der Waals surface area contributed by atoms with E-state index < -0.39 is 11.9 Å². The van der Waals surface area contributed by atoms with Crippen LogP contribution < -0.4 is 5.73 Å². The van der Waals surface area contributed by atoms with E-state index in [1.54, 1.807) is 30.5 Å². The minimum atomic E-state index is -0.699. The fourth-order valence-electron chi connectivity index (χ4n) is 1.93. The second kappa shape index (κ2) is 5.99. The maximum Gasteiger partial charge on any atom is 0.145 e. The van der Waals surface area contributed by atoms with Gasteiger partial charge in [0.25, 0.3) is 0 Å². The Morgan fingerprint density at radius 1 is 1.32 bits per heavy atom. The highest BCUT2D eigenvalue weighted by atomic mass is 35.5. The van der Waals surface area contributed by atoms with Crippen molar-refractivity contribution in [3.8, 4) is 0 Å². The van der Waals surface area contributed by atoms with Crippen LogP contribution in [0.3, 0.4) is 0 Å². The molecule has 1 unspecified atom stereocenters. The summed E-state index contributed by atoms with van der Waals surface area (Å²) in [6, 6.07) is 8.23. The first-order valence-electron chi connectivity index (χ1n) is 5.87. The quantitative estimate of drug-likeness (QED) is 0.905. The van der Waals surface area contributed by atoms with Crippen LogP contribution in [0, 0.1) is 5.82 Å². The molecule has 0 saturated carbocycles. The molecule has 1 aromatic heterocycles. The van der Waals surface area contributed by atoms with E-state index in [4.69, 9.17) is 17.3 Å². The number of benzene rings is 1. The van der Waals surface area contributed by atoms with Crippen LogP contribution in [0.15, 0.2) is 36.5 Å². The van der Waals surface area contributed by atoms with Crippen molar-refractivity contribution >= 4 is 17.4 Å². The molecular formula is C14H14ClFN2O. The van der Waals surface area contributed by atoms with Crippen LogP contribution in [0.5, 0.6) is 0 Å². The molecule has 0 bridgehead atoms. The number of hydrogen-bond acceptors (Lipinski definition) is 3. The molecule has 0 aliphatic carbocycles. The molecule has 0 fully saturated rings. The first-order chi connectivity index (χ1) is 9.06. The Hall–Kier alpha value is -1.65. The van der Waals surface area contributed by atoms with Crippen molar-refractivity contribution in [1.29, 1.82) is 0 Å². The van der Waals surface area contributed by atoms with E-state index in [1.807, 2.05) is 0 Å². The highest BCUT2D eigenvalue weighted by Gasteiger charge is 2.12. The lowest BCUT2D eigenvalue weighted by Gasteiger charge is -2.12. The third kappa shape index (κ3) is 3.66. The van der Waals surface area contributed by atoms with Gasteiger partial charge in [-0.25, -0.2) is 9.37 Å².